The van der Waals surface area contributed by atoms with E-state index in [-0.39, 0.29) is 17.6 Å². The summed E-state index contributed by atoms with van der Waals surface area (Å²) in [4.78, 5) is 0. The van der Waals surface area contributed by atoms with Gasteiger partial charge in [-0.2, -0.15) is 0 Å². The first kappa shape index (κ1) is 33.3. The third kappa shape index (κ3) is 8.40. The van der Waals surface area contributed by atoms with Crippen molar-refractivity contribution in [2.45, 2.75) is 140 Å². The largest absolute Gasteiger partial charge is 0.414 e. The molecule has 0 radical (unpaired) electrons. The minimum absolute atomic E-state index is 0.00884. The highest BCUT2D eigenvalue weighted by molar-refractivity contribution is 6.99. The Morgan fingerprint density at radius 3 is 1.93 bits per heavy atom. The van der Waals surface area contributed by atoms with Crippen molar-refractivity contribution in [2.75, 3.05) is 0 Å². The van der Waals surface area contributed by atoms with Crippen LogP contribution in [0.15, 0.2) is 60.7 Å². The van der Waals surface area contributed by atoms with Gasteiger partial charge < -0.3 is 18.7 Å². The summed E-state index contributed by atoms with van der Waals surface area (Å²) in [5.74, 6) is 1.44. The fourth-order valence-electron chi connectivity index (χ4n) is 7.90. The molecule has 5 rings (SSSR count). The molecule has 7 heteroatoms. The zero-order valence-electron chi connectivity index (χ0n) is 27.8. The van der Waals surface area contributed by atoms with Gasteiger partial charge in [0.2, 0.25) is 0 Å². The van der Waals surface area contributed by atoms with Gasteiger partial charge in [-0.1, -0.05) is 105 Å². The summed E-state index contributed by atoms with van der Waals surface area (Å²) < 4.78 is 20.9. The van der Waals surface area contributed by atoms with Crippen LogP contribution in [0.25, 0.3) is 0 Å². The number of aliphatic hydroxyl groups excluding tert-OH is 1. The summed E-state index contributed by atoms with van der Waals surface area (Å²) >= 11 is 0. The molecule has 238 valence electrons. The van der Waals surface area contributed by atoms with Crippen molar-refractivity contribution in [1.82, 2.24) is 0 Å². The van der Waals surface area contributed by atoms with Crippen molar-refractivity contribution >= 4 is 35.1 Å². The second-order valence-electron chi connectivity index (χ2n) is 15.4. The smallest absolute Gasteiger partial charge is 0.282 e. The molecule has 7 atom stereocenters. The molecule has 0 spiro atoms. The predicted molar refractivity (Wildman–Crippen MR) is 187 cm³/mol. The molecule has 1 N–H and O–H groups in total. The number of benzene rings is 2. The van der Waals surface area contributed by atoms with Crippen molar-refractivity contribution in [3.63, 3.8) is 0 Å². The maximum absolute atomic E-state index is 10.3. The second kappa shape index (κ2) is 14.1. The van der Waals surface area contributed by atoms with Gasteiger partial charge in [-0.05, 0) is 87.3 Å². The zero-order chi connectivity index (χ0) is 30.7. The highest BCUT2D eigenvalue weighted by Gasteiger charge is 2.51. The highest BCUT2D eigenvalue weighted by atomic mass is 28.4. The molecule has 0 aromatic heterocycles. The first-order valence-corrected chi connectivity index (χ1v) is 25.7. The van der Waals surface area contributed by atoms with Gasteiger partial charge in [0.1, 0.15) is 0 Å². The van der Waals surface area contributed by atoms with Crippen LogP contribution in [0.5, 0.6) is 0 Å². The van der Waals surface area contributed by atoms with E-state index >= 15 is 0 Å². The summed E-state index contributed by atoms with van der Waals surface area (Å²) in [6.45, 7) is 14.6. The van der Waals surface area contributed by atoms with Crippen LogP contribution in [0.3, 0.4) is 0 Å². The molecule has 43 heavy (non-hydrogen) atoms. The topological polar surface area (TPSA) is 51.2 Å². The van der Waals surface area contributed by atoms with E-state index in [1.165, 1.54) is 54.9 Å². The molecule has 3 aliphatic rings. The summed E-state index contributed by atoms with van der Waals surface area (Å²) in [5.41, 5.74) is 0.207. The Bertz CT molecular complexity index is 1100. The average Bonchev–Trinajstić information content (AvgIpc) is 3.78. The van der Waals surface area contributed by atoms with Crippen LogP contribution < -0.4 is 10.4 Å². The van der Waals surface area contributed by atoms with E-state index in [1.807, 2.05) is 0 Å². The molecule has 7 unspecified atom stereocenters. The third-order valence-electron chi connectivity index (χ3n) is 11.2. The number of epoxide rings is 1. The monoisotopic (exact) mass is 638 g/mol. The van der Waals surface area contributed by atoms with Gasteiger partial charge in [0.05, 0.1) is 32.1 Å². The van der Waals surface area contributed by atoms with Crippen LogP contribution in [0.2, 0.25) is 38.3 Å². The van der Waals surface area contributed by atoms with Crippen molar-refractivity contribution in [1.29, 1.82) is 0 Å². The number of hydrogen-bond donors (Lipinski definition) is 1. The Labute approximate surface area is 265 Å². The third-order valence-corrected chi connectivity index (χ3v) is 22.4. The van der Waals surface area contributed by atoms with Crippen molar-refractivity contribution in [3.8, 4) is 0 Å². The Hall–Kier alpha value is -1.07. The number of ether oxygens (including phenoxy) is 1. The van der Waals surface area contributed by atoms with Gasteiger partial charge in [-0.15, -0.1) is 0 Å². The molecule has 1 aliphatic heterocycles. The van der Waals surface area contributed by atoms with E-state index in [0.717, 1.165) is 31.2 Å². The van der Waals surface area contributed by atoms with E-state index in [2.05, 4.69) is 101 Å². The Morgan fingerprint density at radius 1 is 0.721 bits per heavy atom. The van der Waals surface area contributed by atoms with Crippen molar-refractivity contribution < 1.29 is 18.7 Å². The predicted octanol–water partition coefficient (Wildman–Crippen LogP) is 7.45. The lowest BCUT2D eigenvalue weighted by Gasteiger charge is -2.45. The normalized spacial score (nSPS) is 27.7. The fourth-order valence-corrected chi connectivity index (χ4v) is 18.8. The van der Waals surface area contributed by atoms with E-state index in [1.54, 1.807) is 0 Å². The zero-order valence-corrected chi connectivity index (χ0v) is 30.8. The number of aliphatic hydroxyl groups is 1. The number of hydrogen-bond acceptors (Lipinski definition) is 4. The van der Waals surface area contributed by atoms with E-state index < -0.39 is 24.7 Å². The summed E-state index contributed by atoms with van der Waals surface area (Å²) in [5, 5.41) is 12.9. The molecule has 3 fully saturated rings. The second-order valence-corrected chi connectivity index (χ2v) is 28.6. The highest BCUT2D eigenvalue weighted by Crippen LogP contribution is 2.42. The van der Waals surface area contributed by atoms with Crippen LogP contribution in [-0.4, -0.2) is 59.6 Å². The summed E-state index contributed by atoms with van der Waals surface area (Å²) in [6, 6.07) is 24.6. The quantitative estimate of drug-likeness (QED) is 0.173. The molecule has 2 saturated carbocycles. The standard InChI is InChI=1S/C36H58O4Si3/c1-28(41(3,4)24-22-31-20-21-35-36(27-31)38-35)40-43(33-16-9-7-10-17-33,34-18-11-8-12-19-34)29(2)39-42(5,6)25-23-30-14-13-15-32(37)26-30/h7-12,16-19,28-32,35-37H,13-15,20-27H2,1-6H3. The average molecular weight is 639 g/mol. The molecule has 2 aromatic carbocycles. The lowest BCUT2D eigenvalue weighted by atomic mass is 9.86. The summed E-state index contributed by atoms with van der Waals surface area (Å²) in [6.07, 6.45) is 11.7. The molecule has 1 saturated heterocycles. The van der Waals surface area contributed by atoms with Gasteiger partial charge in [-0.3, -0.25) is 0 Å². The number of rotatable bonds is 14. The van der Waals surface area contributed by atoms with Gasteiger partial charge in [0, 0.05) is 5.73 Å². The molecule has 0 amide bonds. The fraction of sp³-hybridized carbons (Fsp3) is 0.667. The summed E-state index contributed by atoms with van der Waals surface area (Å²) in [7, 11) is -6.53. The van der Waals surface area contributed by atoms with Gasteiger partial charge in [0.15, 0.2) is 8.32 Å². The van der Waals surface area contributed by atoms with Crippen molar-refractivity contribution in [2.24, 2.45) is 11.8 Å². The van der Waals surface area contributed by atoms with Crippen LogP contribution >= 0.6 is 0 Å². The van der Waals surface area contributed by atoms with E-state index in [0.29, 0.717) is 18.1 Å². The molecule has 0 bridgehead atoms. The Balaban J connectivity index is 1.37. The SMILES string of the molecule is CC(O[Si](c1ccccc1)(c1ccccc1)C(C)O[Si](C)(C)CCC1CCCC(O)C1)[Si](C)(C)CCC1CCC2OC2C1. The lowest BCUT2D eigenvalue weighted by Crippen LogP contribution is -2.72. The van der Waals surface area contributed by atoms with Gasteiger partial charge in [-0.25, -0.2) is 0 Å². The molecule has 4 nitrogen and oxygen atoms in total. The Morgan fingerprint density at radius 2 is 1.33 bits per heavy atom. The van der Waals surface area contributed by atoms with Crippen molar-refractivity contribution in [3.05, 3.63) is 60.7 Å². The molecule has 2 aliphatic carbocycles. The molecular formula is C36H58O4Si3. The Kier molecular flexibility index (Phi) is 11.0. The van der Waals surface area contributed by atoms with Gasteiger partial charge >= 0.3 is 0 Å². The molecule has 1 heterocycles. The first-order chi connectivity index (χ1) is 20.5. The minimum atomic E-state index is -2.80. The molecule has 2 aromatic rings. The lowest BCUT2D eigenvalue weighted by molar-refractivity contribution is 0.0991. The van der Waals surface area contributed by atoms with Gasteiger partial charge in [0.25, 0.3) is 8.32 Å². The van der Waals surface area contributed by atoms with E-state index in [4.69, 9.17) is 13.6 Å². The first-order valence-electron chi connectivity index (χ1n) is 17.3. The van der Waals surface area contributed by atoms with Crippen LogP contribution in [0.1, 0.15) is 71.6 Å². The van der Waals surface area contributed by atoms with Crippen LogP contribution in [0.4, 0.5) is 0 Å². The maximum atomic E-state index is 10.3. The van der Waals surface area contributed by atoms with Crippen LogP contribution in [-0.2, 0) is 13.6 Å². The van der Waals surface area contributed by atoms with Crippen LogP contribution in [0, 0.1) is 11.8 Å². The maximum Gasteiger partial charge on any atom is 0.282 e. The molecular weight excluding hydrogens is 581 g/mol. The minimum Gasteiger partial charge on any atom is -0.414 e. The number of fused-ring (bicyclic) bond motifs is 1. The van der Waals surface area contributed by atoms with E-state index in [9.17, 15) is 5.11 Å².